The van der Waals surface area contributed by atoms with E-state index in [9.17, 15) is 0 Å². The highest BCUT2D eigenvalue weighted by Crippen LogP contribution is 2.44. The predicted octanol–water partition coefficient (Wildman–Crippen LogP) is 35.5. The number of halogens is 5. The fourth-order valence-electron chi connectivity index (χ4n) is 12.3. The first kappa shape index (κ1) is 107. The van der Waals surface area contributed by atoms with Crippen molar-refractivity contribution in [2.75, 3.05) is 0 Å². The minimum Gasteiger partial charge on any atom is -0.360 e. The van der Waals surface area contributed by atoms with Gasteiger partial charge in [0.15, 0.2) is 17.1 Å². The van der Waals surface area contributed by atoms with Crippen LogP contribution < -0.4 is 0 Å². The van der Waals surface area contributed by atoms with Gasteiger partial charge in [0.1, 0.15) is 44.9 Å². The molecule has 0 atom stereocenters. The van der Waals surface area contributed by atoms with E-state index in [4.69, 9.17) is 86.8 Å². The largest absolute Gasteiger partial charge is 0.360 e. The molecule has 8 aromatic heterocycles. The smallest absolute Gasteiger partial charge is 0.187 e. The zero-order valence-electron chi connectivity index (χ0n) is 80.7. The van der Waals surface area contributed by atoms with Crippen LogP contribution in [0.5, 0.6) is 0 Å². The number of rotatable bonds is 7. The van der Waals surface area contributed by atoms with E-state index in [2.05, 4.69) is 258 Å². The van der Waals surface area contributed by atoms with Gasteiger partial charge in [0.05, 0.1) is 49.5 Å². The summed E-state index contributed by atoms with van der Waals surface area (Å²) in [6, 6.07) is 49.6. The molecule has 1 fully saturated rings. The van der Waals surface area contributed by atoms with Crippen molar-refractivity contribution in [1.29, 1.82) is 0 Å². The Bertz CT molecular complexity index is 5970. The van der Waals surface area contributed by atoms with Crippen LogP contribution >= 0.6 is 103 Å². The zero-order chi connectivity index (χ0) is 97.0. The molecule has 15 nitrogen and oxygen atoms in total. The molecule has 0 aliphatic heterocycles. The van der Waals surface area contributed by atoms with Gasteiger partial charge in [-0.2, -0.15) is 0 Å². The minimum absolute atomic E-state index is 0.0210. The standard InChI is InChI=1S/C15H15N3.C14H15ClN2.C14H14N2O.C14H14N2S.C13H14ClNO.C13H14ClNS.C13H20ClNS.C11H18ClNS/c1-15(2,3)14-17-9-12(10-18-14)11-6-5-7-13(8-11)16-4;1-14(2,3)13-16-8-11(9-17-13)10-5-4-6-12(15)7-10;1-14(2,3)13-9-12(16-17-13)10-6-5-7-11(8-10)15-4;1-14(2,3)13-16-9-12(17-13)10-6-5-7-11(8-10)15-4;1-13(2,3)12-8-11(15-16-12)9-5-4-6-10(14)7-9;1-13(2,3)12-15-8-11(16-12)9-5-4-6-10(14)7-9;1-13(2,3)12-15-11(14)10(16-12)9-7-5-4-6-8-9;1-10(2,3)7-8(12)13-9(14-7)11(4,5)6/h5-10H,1-3H3;4-9H,1-3H3;2*5-9H,1-3H3;2*4-8H,1-3H3;9H,4-8H2,1-3H3;1-6H3. The average molecular weight is 1930 g/mol. The molecule has 0 radical (unpaired) electrons. The highest BCUT2D eigenvalue weighted by atomic mass is 35.5. The van der Waals surface area contributed by atoms with Gasteiger partial charge in [0.25, 0.3) is 0 Å². The second-order valence-corrected chi connectivity index (χ2v) is 47.3. The number of hydrogen-bond donors (Lipinski definition) is 0. The first-order valence-electron chi connectivity index (χ1n) is 43.6. The molecule has 1 saturated carbocycles. The molecule has 8 heterocycles. The third kappa shape index (κ3) is 32.9. The second-order valence-electron chi connectivity index (χ2n) is 41.2. The summed E-state index contributed by atoms with van der Waals surface area (Å²) in [7, 11) is 0. The van der Waals surface area contributed by atoms with Crippen LogP contribution in [-0.2, 0) is 48.7 Å². The summed E-state index contributed by atoms with van der Waals surface area (Å²) in [5.74, 6) is 4.08. The molecule has 0 saturated heterocycles. The molecular formula is C107H124Cl5N13O2S4. The quantitative estimate of drug-likeness (QED) is 0.139. The van der Waals surface area contributed by atoms with Gasteiger partial charge < -0.3 is 9.05 Å². The molecule has 0 amide bonds. The maximum absolute atomic E-state index is 7.02. The van der Waals surface area contributed by atoms with Crippen molar-refractivity contribution in [2.45, 2.75) is 274 Å². The summed E-state index contributed by atoms with van der Waals surface area (Å²) >= 11 is 37.3. The van der Waals surface area contributed by atoms with Crippen LogP contribution in [0.15, 0.2) is 204 Å². The number of nitrogens with zero attached hydrogens (tertiary/aromatic N) is 13. The van der Waals surface area contributed by atoms with Gasteiger partial charge in [-0.15, -0.1) is 45.3 Å². The molecule has 1 aliphatic carbocycles. The van der Waals surface area contributed by atoms with Crippen molar-refractivity contribution >= 4 is 120 Å². The Morgan fingerprint density at radius 2 is 0.626 bits per heavy atom. The molecule has 131 heavy (non-hydrogen) atoms. The third-order valence-electron chi connectivity index (χ3n) is 19.8. The van der Waals surface area contributed by atoms with Crippen molar-refractivity contribution < 1.29 is 9.05 Å². The van der Waals surface area contributed by atoms with Crippen LogP contribution in [-0.4, -0.2) is 50.2 Å². The van der Waals surface area contributed by atoms with Crippen molar-refractivity contribution in [3.05, 3.63) is 307 Å². The average Bonchev–Trinajstić information content (AvgIpc) is 1.69. The van der Waals surface area contributed by atoms with Crippen molar-refractivity contribution in [2.24, 2.45) is 0 Å². The van der Waals surface area contributed by atoms with Crippen molar-refractivity contribution in [3.63, 3.8) is 0 Å². The highest BCUT2D eigenvalue weighted by molar-refractivity contribution is 7.15. The number of thiazole rings is 4. The molecule has 6 aromatic carbocycles. The lowest BCUT2D eigenvalue weighted by atomic mass is 9.88. The van der Waals surface area contributed by atoms with E-state index < -0.39 is 0 Å². The van der Waals surface area contributed by atoms with Gasteiger partial charge in [-0.25, -0.2) is 54.4 Å². The molecule has 0 spiro atoms. The van der Waals surface area contributed by atoms with E-state index in [1.165, 1.54) is 51.7 Å². The fraction of sp³-hybridized carbons (Fsp3) is 0.393. The van der Waals surface area contributed by atoms with E-state index in [0.29, 0.717) is 33.2 Å². The SMILES string of the molecule is CC(C)(C)c1cc(-c2cccc(Cl)c2)no1.CC(C)(C)c1nc(Cl)c(C(C)(C)C)s1.CC(C)(C)c1nc(Cl)c(C2CCCCC2)s1.CC(C)(C)c1ncc(-c2cccc(Cl)c2)cn1.CC(C)(C)c1ncc(-c2cccc(Cl)c2)s1.[C-]#[N+]c1cccc(-c2cc(C(C)(C)C)on2)c1.[C-]#[N+]c1cccc(-c2cnc(C(C)(C)C)nc2)c1.[C-]#[N+]c1cccc(-c2cnc(C(C)(C)C)s2)c1. The molecule has 688 valence electrons. The molecule has 0 N–H and O–H groups in total. The van der Waals surface area contributed by atoms with E-state index >= 15 is 0 Å². The molecular weight excluding hydrogens is 1800 g/mol. The van der Waals surface area contributed by atoms with Gasteiger partial charge in [-0.3, -0.25) is 0 Å². The van der Waals surface area contributed by atoms with Crippen LogP contribution in [0.4, 0.5) is 17.1 Å². The van der Waals surface area contributed by atoms with Gasteiger partial charge in [-0.1, -0.05) is 366 Å². The number of aromatic nitrogens is 10. The summed E-state index contributed by atoms with van der Waals surface area (Å²) in [6.45, 7) is 78.7. The van der Waals surface area contributed by atoms with E-state index in [0.717, 1.165) is 114 Å². The summed E-state index contributed by atoms with van der Waals surface area (Å²) in [4.78, 5) is 50.6. The fourth-order valence-corrected chi connectivity index (χ4v) is 18.0. The summed E-state index contributed by atoms with van der Waals surface area (Å²) in [5.41, 5.74) is 11.9. The third-order valence-corrected chi connectivity index (χ3v) is 27.8. The predicted molar refractivity (Wildman–Crippen MR) is 556 cm³/mol. The number of benzene rings is 6. The molecule has 15 rings (SSSR count). The monoisotopic (exact) mass is 1930 g/mol. The molecule has 0 bridgehead atoms. The first-order valence-corrected chi connectivity index (χ1v) is 48.8. The minimum atomic E-state index is -0.0529. The van der Waals surface area contributed by atoms with Crippen molar-refractivity contribution in [1.82, 2.24) is 50.2 Å². The molecule has 1 aliphatic rings. The molecule has 24 heteroatoms. The van der Waals surface area contributed by atoms with Gasteiger partial charge in [0.2, 0.25) is 0 Å². The van der Waals surface area contributed by atoms with Gasteiger partial charge >= 0.3 is 0 Å². The Hall–Kier alpha value is -9.66. The summed E-state index contributed by atoms with van der Waals surface area (Å²) in [6.07, 6.45) is 17.8. The molecule has 14 aromatic rings. The van der Waals surface area contributed by atoms with E-state index in [-0.39, 0.29) is 48.7 Å². The van der Waals surface area contributed by atoms with Crippen LogP contribution in [0.2, 0.25) is 25.4 Å². The Morgan fingerprint density at radius 1 is 0.305 bits per heavy atom. The lowest BCUT2D eigenvalue weighted by Crippen LogP contribution is -2.15. The lowest BCUT2D eigenvalue weighted by molar-refractivity contribution is 0.330. The Balaban J connectivity index is 0.000000185. The second kappa shape index (κ2) is 45.8. The first-order chi connectivity index (χ1) is 61.0. The number of hydrogen-bond acceptors (Lipinski definition) is 16. The summed E-state index contributed by atoms with van der Waals surface area (Å²) < 4.78 is 10.7. The summed E-state index contributed by atoms with van der Waals surface area (Å²) in [5, 5.41) is 16.3. The van der Waals surface area contributed by atoms with E-state index in [1.54, 1.807) is 46.1 Å². The Labute approximate surface area is 819 Å². The normalized spacial score (nSPS) is 12.5. The Morgan fingerprint density at radius 3 is 0.954 bits per heavy atom. The van der Waals surface area contributed by atoms with Gasteiger partial charge in [0, 0.05) is 134 Å². The van der Waals surface area contributed by atoms with Crippen LogP contribution in [0.3, 0.4) is 0 Å². The zero-order valence-corrected chi connectivity index (χ0v) is 87.8. The van der Waals surface area contributed by atoms with Crippen molar-refractivity contribution in [3.8, 4) is 65.6 Å². The topological polar surface area (TPSA) is 168 Å². The van der Waals surface area contributed by atoms with E-state index in [1.807, 2.05) is 188 Å². The lowest BCUT2D eigenvalue weighted by Gasteiger charge is -2.20. The maximum Gasteiger partial charge on any atom is 0.187 e. The van der Waals surface area contributed by atoms with Crippen LogP contribution in [0, 0.1) is 19.7 Å². The van der Waals surface area contributed by atoms with Crippen LogP contribution in [0.1, 0.15) is 278 Å². The maximum atomic E-state index is 7.02. The Kier molecular flexibility index (Phi) is 37.3. The molecule has 0 unspecified atom stereocenters. The van der Waals surface area contributed by atoms with Gasteiger partial charge in [-0.05, 0) is 107 Å². The van der Waals surface area contributed by atoms with Crippen LogP contribution in [0.25, 0.3) is 80.2 Å². The highest BCUT2D eigenvalue weighted by Gasteiger charge is 2.30.